The average Bonchev–Trinajstić information content (AvgIpc) is 2.72. The molecule has 0 aromatic heterocycles. The van der Waals surface area contributed by atoms with E-state index in [0.29, 0.717) is 26.9 Å². The first-order chi connectivity index (χ1) is 13.6. The lowest BCUT2D eigenvalue weighted by Gasteiger charge is -2.11. The predicted octanol–water partition coefficient (Wildman–Crippen LogP) is 6.36. The molecule has 0 aliphatic rings. The van der Waals surface area contributed by atoms with Crippen LogP contribution in [0.4, 0.5) is 0 Å². The van der Waals surface area contributed by atoms with Crippen molar-refractivity contribution in [3.8, 4) is 11.8 Å². The van der Waals surface area contributed by atoms with Crippen LogP contribution in [0.3, 0.4) is 0 Å². The van der Waals surface area contributed by atoms with Gasteiger partial charge in [-0.15, -0.1) is 0 Å². The summed E-state index contributed by atoms with van der Waals surface area (Å²) in [7, 11) is 0. The van der Waals surface area contributed by atoms with Gasteiger partial charge < -0.3 is 4.74 Å². The highest BCUT2D eigenvalue weighted by molar-refractivity contribution is 6.31. The van der Waals surface area contributed by atoms with Gasteiger partial charge in [0.15, 0.2) is 0 Å². The number of nitrogens with zero attached hydrogens (tertiary/aromatic N) is 1. The van der Waals surface area contributed by atoms with E-state index in [1.807, 2.05) is 30.3 Å². The largest absolute Gasteiger partial charge is 0.488 e. The fourth-order valence-corrected chi connectivity index (χ4v) is 2.95. The van der Waals surface area contributed by atoms with Gasteiger partial charge in [-0.3, -0.25) is 4.79 Å². The third kappa shape index (κ3) is 4.80. The lowest BCUT2D eigenvalue weighted by molar-refractivity contribution is 0.104. The molecule has 0 fully saturated rings. The second-order valence-electron chi connectivity index (χ2n) is 5.93. The molecular formula is C23H15Cl2NO2. The zero-order chi connectivity index (χ0) is 19.9. The van der Waals surface area contributed by atoms with Crippen molar-refractivity contribution < 1.29 is 9.53 Å². The molecule has 0 saturated carbocycles. The van der Waals surface area contributed by atoms with E-state index < -0.39 is 0 Å². The molecule has 5 heteroatoms. The molecular weight excluding hydrogens is 393 g/mol. The van der Waals surface area contributed by atoms with Crippen molar-refractivity contribution in [1.82, 2.24) is 0 Å². The van der Waals surface area contributed by atoms with Gasteiger partial charge in [0.2, 0.25) is 5.78 Å². The zero-order valence-corrected chi connectivity index (χ0v) is 16.2. The number of carbonyl (C=O) groups is 1. The van der Waals surface area contributed by atoms with Crippen molar-refractivity contribution in [2.75, 3.05) is 0 Å². The number of ether oxygens (including phenoxy) is 1. The molecule has 0 radical (unpaired) electrons. The van der Waals surface area contributed by atoms with Gasteiger partial charge in [0.25, 0.3) is 0 Å². The summed E-state index contributed by atoms with van der Waals surface area (Å²) in [5.74, 6) is 0.137. The van der Waals surface area contributed by atoms with Crippen LogP contribution in [0.1, 0.15) is 21.5 Å². The van der Waals surface area contributed by atoms with Crippen molar-refractivity contribution in [2.24, 2.45) is 0 Å². The van der Waals surface area contributed by atoms with Gasteiger partial charge in [-0.2, -0.15) is 5.26 Å². The molecule has 3 aromatic carbocycles. The van der Waals surface area contributed by atoms with Gasteiger partial charge in [0, 0.05) is 26.7 Å². The number of allylic oxidation sites excluding steroid dienone is 1. The summed E-state index contributed by atoms with van der Waals surface area (Å²) < 4.78 is 5.88. The monoisotopic (exact) mass is 407 g/mol. The first-order valence-corrected chi connectivity index (χ1v) is 9.21. The quantitative estimate of drug-likeness (QED) is 0.271. The maximum absolute atomic E-state index is 12.6. The van der Waals surface area contributed by atoms with E-state index in [2.05, 4.69) is 0 Å². The number of halogens is 2. The number of hydrogen-bond acceptors (Lipinski definition) is 3. The highest BCUT2D eigenvalue weighted by Gasteiger charge is 2.14. The molecule has 0 N–H and O–H groups in total. The number of benzene rings is 3. The summed E-state index contributed by atoms with van der Waals surface area (Å²) in [5, 5.41) is 10.6. The third-order valence-corrected chi connectivity index (χ3v) is 4.62. The molecule has 0 spiro atoms. The zero-order valence-electron chi connectivity index (χ0n) is 14.7. The van der Waals surface area contributed by atoms with E-state index in [9.17, 15) is 10.1 Å². The fraction of sp³-hybridized carbons (Fsp3) is 0.0435. The van der Waals surface area contributed by atoms with Crippen LogP contribution in [0.5, 0.6) is 5.75 Å². The average molecular weight is 408 g/mol. The summed E-state index contributed by atoms with van der Waals surface area (Å²) in [4.78, 5) is 12.6. The minimum absolute atomic E-state index is 0.00365. The molecule has 0 bridgehead atoms. The van der Waals surface area contributed by atoms with Gasteiger partial charge in [-0.05, 0) is 30.3 Å². The van der Waals surface area contributed by atoms with Crippen molar-refractivity contribution in [3.63, 3.8) is 0 Å². The molecule has 0 aliphatic carbocycles. The molecule has 0 atom stereocenters. The Balaban J connectivity index is 1.91. The van der Waals surface area contributed by atoms with E-state index in [0.717, 1.165) is 5.56 Å². The van der Waals surface area contributed by atoms with Crippen molar-refractivity contribution in [3.05, 3.63) is 105 Å². The Kier molecular flexibility index (Phi) is 6.49. The summed E-state index contributed by atoms with van der Waals surface area (Å²) in [6.45, 7) is 0.247. The first-order valence-electron chi connectivity index (χ1n) is 8.46. The van der Waals surface area contributed by atoms with Gasteiger partial charge in [-0.25, -0.2) is 0 Å². The van der Waals surface area contributed by atoms with Crippen LogP contribution in [0.2, 0.25) is 10.0 Å². The van der Waals surface area contributed by atoms with Crippen LogP contribution in [0.25, 0.3) is 6.08 Å². The van der Waals surface area contributed by atoms with Crippen molar-refractivity contribution in [2.45, 2.75) is 6.61 Å². The Bertz CT molecular complexity index is 1070. The second kappa shape index (κ2) is 9.23. The van der Waals surface area contributed by atoms with E-state index in [1.165, 1.54) is 6.08 Å². The van der Waals surface area contributed by atoms with Crippen LogP contribution in [-0.4, -0.2) is 5.78 Å². The lowest BCUT2D eigenvalue weighted by Crippen LogP contribution is -2.02. The van der Waals surface area contributed by atoms with Gasteiger partial charge in [-0.1, -0.05) is 71.7 Å². The second-order valence-corrected chi connectivity index (χ2v) is 6.77. The molecule has 3 aromatic rings. The highest BCUT2D eigenvalue weighted by atomic mass is 35.5. The van der Waals surface area contributed by atoms with E-state index >= 15 is 0 Å². The van der Waals surface area contributed by atoms with E-state index in [-0.39, 0.29) is 18.0 Å². The topological polar surface area (TPSA) is 50.1 Å². The molecule has 138 valence electrons. The van der Waals surface area contributed by atoms with E-state index in [1.54, 1.807) is 48.5 Å². The van der Waals surface area contributed by atoms with Gasteiger partial charge in [0.1, 0.15) is 24.0 Å². The number of rotatable bonds is 6. The molecule has 0 saturated heterocycles. The molecule has 28 heavy (non-hydrogen) atoms. The van der Waals surface area contributed by atoms with Crippen LogP contribution >= 0.6 is 23.2 Å². The molecule has 0 amide bonds. The summed E-state index contributed by atoms with van der Waals surface area (Å²) in [6, 6.07) is 23.0. The third-order valence-electron chi connectivity index (χ3n) is 4.01. The Labute approximate surface area is 173 Å². The molecule has 0 aliphatic heterocycles. The van der Waals surface area contributed by atoms with Gasteiger partial charge >= 0.3 is 0 Å². The Morgan fingerprint density at radius 2 is 1.71 bits per heavy atom. The van der Waals surface area contributed by atoms with E-state index in [4.69, 9.17) is 27.9 Å². The SMILES string of the molecule is N#CC(=Cc1cc(Cl)ccc1OCc1ccccc1Cl)C(=O)c1ccccc1. The standard InChI is InChI=1S/C23H15Cl2NO2/c24-20-10-11-22(28-15-17-8-4-5-9-21(17)25)18(13-20)12-19(14-26)23(27)16-6-2-1-3-7-16/h1-13H,15H2. The van der Waals surface area contributed by atoms with Crippen LogP contribution in [0.15, 0.2) is 78.4 Å². The number of carbonyl (C=O) groups excluding carboxylic acids is 1. The number of Topliss-reactive ketones (excluding diaryl/α,β-unsaturated/α-hetero) is 1. The summed E-state index contributed by atoms with van der Waals surface area (Å²) >= 11 is 12.3. The Morgan fingerprint density at radius 3 is 2.43 bits per heavy atom. The molecule has 3 rings (SSSR count). The highest BCUT2D eigenvalue weighted by Crippen LogP contribution is 2.27. The number of nitriles is 1. The lowest BCUT2D eigenvalue weighted by atomic mass is 10.0. The Morgan fingerprint density at radius 1 is 1.00 bits per heavy atom. The minimum Gasteiger partial charge on any atom is -0.488 e. The first kappa shape index (κ1) is 19.7. The van der Waals surface area contributed by atoms with Crippen molar-refractivity contribution in [1.29, 1.82) is 5.26 Å². The molecule has 0 unspecified atom stereocenters. The normalized spacial score (nSPS) is 11.0. The molecule has 0 heterocycles. The smallest absolute Gasteiger partial charge is 0.203 e. The fourth-order valence-electron chi connectivity index (χ4n) is 2.58. The van der Waals surface area contributed by atoms with Crippen LogP contribution in [0, 0.1) is 11.3 Å². The summed E-state index contributed by atoms with van der Waals surface area (Å²) in [5.41, 5.74) is 1.81. The maximum Gasteiger partial charge on any atom is 0.203 e. The van der Waals surface area contributed by atoms with Crippen molar-refractivity contribution >= 4 is 35.1 Å². The minimum atomic E-state index is -0.361. The Hall–Kier alpha value is -3.06. The summed E-state index contributed by atoms with van der Waals surface area (Å²) in [6.07, 6.45) is 1.49. The number of ketones is 1. The van der Waals surface area contributed by atoms with Crippen LogP contribution < -0.4 is 4.74 Å². The maximum atomic E-state index is 12.6. The predicted molar refractivity (Wildman–Crippen MR) is 112 cm³/mol. The van der Waals surface area contributed by atoms with Gasteiger partial charge in [0.05, 0.1) is 0 Å². The molecule has 3 nitrogen and oxygen atoms in total. The van der Waals surface area contributed by atoms with Crippen LogP contribution in [-0.2, 0) is 6.61 Å². The number of hydrogen-bond donors (Lipinski definition) is 0.